The van der Waals surface area contributed by atoms with E-state index in [1.165, 1.54) is 15.6 Å². The molecule has 0 spiro atoms. The molecule has 0 bridgehead atoms. The Morgan fingerprint density at radius 1 is 1.11 bits per heavy atom. The van der Waals surface area contributed by atoms with E-state index < -0.39 is 0 Å². The number of aryl methyl sites for hydroxylation is 1. The fourth-order valence-corrected chi connectivity index (χ4v) is 3.26. The maximum Gasteiger partial charge on any atom is 0.0426 e. The van der Waals surface area contributed by atoms with Gasteiger partial charge in [-0.2, -0.15) is 0 Å². The number of anilines is 1. The Morgan fingerprint density at radius 3 is 2.84 bits per heavy atom. The van der Waals surface area contributed by atoms with Crippen molar-refractivity contribution in [1.82, 2.24) is 0 Å². The van der Waals surface area contributed by atoms with E-state index in [2.05, 4.69) is 45.5 Å². The van der Waals surface area contributed by atoms with Crippen molar-refractivity contribution >= 4 is 33.2 Å². The van der Waals surface area contributed by atoms with Crippen LogP contribution in [-0.2, 0) is 12.8 Å². The minimum atomic E-state index is 0.493. The molecule has 3 heteroatoms. The van der Waals surface area contributed by atoms with Gasteiger partial charge in [0, 0.05) is 21.2 Å². The second kappa shape index (κ2) is 5.56. The monoisotopic (exact) mass is 335 g/mol. The van der Waals surface area contributed by atoms with Crippen LogP contribution in [0.5, 0.6) is 0 Å². The van der Waals surface area contributed by atoms with Gasteiger partial charge in [-0.05, 0) is 60.7 Å². The number of halogens is 2. The van der Waals surface area contributed by atoms with Crippen molar-refractivity contribution in [2.75, 3.05) is 5.32 Å². The average molecular weight is 337 g/mol. The van der Waals surface area contributed by atoms with E-state index in [-0.39, 0.29) is 0 Å². The van der Waals surface area contributed by atoms with Gasteiger partial charge in [0.2, 0.25) is 0 Å². The van der Waals surface area contributed by atoms with Crippen molar-refractivity contribution in [3.63, 3.8) is 0 Å². The predicted octanol–water partition coefficient (Wildman–Crippen LogP) is 5.07. The van der Waals surface area contributed by atoms with E-state index in [9.17, 15) is 0 Å². The van der Waals surface area contributed by atoms with E-state index in [4.69, 9.17) is 11.6 Å². The molecule has 98 valence electrons. The molecule has 1 aliphatic carbocycles. The zero-order valence-electron chi connectivity index (χ0n) is 10.5. The highest BCUT2D eigenvalue weighted by Gasteiger charge is 2.18. The lowest BCUT2D eigenvalue weighted by molar-refractivity contribution is 0.610. The van der Waals surface area contributed by atoms with E-state index >= 15 is 0 Å². The molecule has 1 nitrogen and oxygen atoms in total. The molecule has 1 N–H and O–H groups in total. The standard InChI is InChI=1S/C16H15BrClN/c17-13-6-4-12-9-16(7-5-11(12)8-13)19-15-3-1-2-14(18)10-15/h1-4,6,8,10,16,19H,5,7,9H2. The molecule has 1 aliphatic rings. The second-order valence-electron chi connectivity index (χ2n) is 5.01. The van der Waals surface area contributed by atoms with Crippen LogP contribution in [0.3, 0.4) is 0 Å². The molecule has 0 radical (unpaired) electrons. The van der Waals surface area contributed by atoms with Crippen molar-refractivity contribution < 1.29 is 0 Å². The summed E-state index contributed by atoms with van der Waals surface area (Å²) in [6.45, 7) is 0. The summed E-state index contributed by atoms with van der Waals surface area (Å²) >= 11 is 9.55. The lowest BCUT2D eigenvalue weighted by atomic mass is 9.88. The molecule has 0 amide bonds. The first-order valence-electron chi connectivity index (χ1n) is 6.50. The van der Waals surface area contributed by atoms with Gasteiger partial charge in [-0.3, -0.25) is 0 Å². The van der Waals surface area contributed by atoms with E-state index in [1.54, 1.807) is 0 Å². The van der Waals surface area contributed by atoms with Crippen molar-refractivity contribution in [3.05, 3.63) is 63.1 Å². The molecule has 2 aromatic carbocycles. The fraction of sp³-hybridized carbons (Fsp3) is 0.250. The molecule has 3 rings (SSSR count). The maximum absolute atomic E-state index is 6.02. The summed E-state index contributed by atoms with van der Waals surface area (Å²) in [7, 11) is 0. The molecule has 0 heterocycles. The smallest absolute Gasteiger partial charge is 0.0426 e. The topological polar surface area (TPSA) is 12.0 Å². The highest BCUT2D eigenvalue weighted by Crippen LogP contribution is 2.27. The Labute approximate surface area is 127 Å². The van der Waals surface area contributed by atoms with Gasteiger partial charge in [0.05, 0.1) is 0 Å². The van der Waals surface area contributed by atoms with Gasteiger partial charge in [0.1, 0.15) is 0 Å². The van der Waals surface area contributed by atoms with Gasteiger partial charge in [-0.25, -0.2) is 0 Å². The van der Waals surface area contributed by atoms with Gasteiger partial charge < -0.3 is 5.32 Å². The molecule has 19 heavy (non-hydrogen) atoms. The SMILES string of the molecule is Clc1cccc(NC2CCc3cc(Br)ccc3C2)c1. The average Bonchev–Trinajstić information content (AvgIpc) is 2.39. The van der Waals surface area contributed by atoms with Crippen molar-refractivity contribution in [1.29, 1.82) is 0 Å². The summed E-state index contributed by atoms with van der Waals surface area (Å²) in [6.07, 6.45) is 3.37. The molecule has 0 aliphatic heterocycles. The summed E-state index contributed by atoms with van der Waals surface area (Å²) in [5.74, 6) is 0. The van der Waals surface area contributed by atoms with Crippen LogP contribution in [0.1, 0.15) is 17.5 Å². The summed E-state index contributed by atoms with van der Waals surface area (Å²) < 4.78 is 1.17. The van der Waals surface area contributed by atoms with Crippen molar-refractivity contribution in [3.8, 4) is 0 Å². The van der Waals surface area contributed by atoms with Gasteiger partial charge in [0.15, 0.2) is 0 Å². The molecule has 0 saturated carbocycles. The summed E-state index contributed by atoms with van der Waals surface area (Å²) in [4.78, 5) is 0. The predicted molar refractivity (Wildman–Crippen MR) is 85.0 cm³/mol. The first kappa shape index (κ1) is 13.0. The van der Waals surface area contributed by atoms with Crippen molar-refractivity contribution in [2.24, 2.45) is 0 Å². The van der Waals surface area contributed by atoms with Crippen LogP contribution in [-0.4, -0.2) is 6.04 Å². The number of hydrogen-bond donors (Lipinski definition) is 1. The number of rotatable bonds is 2. The van der Waals surface area contributed by atoms with Gasteiger partial charge in [-0.15, -0.1) is 0 Å². The second-order valence-corrected chi connectivity index (χ2v) is 6.36. The zero-order chi connectivity index (χ0) is 13.2. The third-order valence-corrected chi connectivity index (χ3v) is 4.32. The number of fused-ring (bicyclic) bond motifs is 1. The lowest BCUT2D eigenvalue weighted by Gasteiger charge is -2.26. The minimum absolute atomic E-state index is 0.493. The normalized spacial score (nSPS) is 17.9. The molecular weight excluding hydrogens is 322 g/mol. The Morgan fingerprint density at radius 2 is 2.00 bits per heavy atom. The summed E-state index contributed by atoms with van der Waals surface area (Å²) in [5, 5.41) is 4.36. The van der Waals surface area contributed by atoms with Crippen LogP contribution in [0.2, 0.25) is 5.02 Å². The van der Waals surface area contributed by atoms with Crippen LogP contribution in [0, 0.1) is 0 Å². The van der Waals surface area contributed by atoms with Gasteiger partial charge in [0.25, 0.3) is 0 Å². The number of nitrogens with one attached hydrogen (secondary N) is 1. The molecule has 0 saturated heterocycles. The van der Waals surface area contributed by atoms with E-state index in [0.29, 0.717) is 6.04 Å². The maximum atomic E-state index is 6.02. The molecule has 1 unspecified atom stereocenters. The van der Waals surface area contributed by atoms with Crippen LogP contribution >= 0.6 is 27.5 Å². The first-order valence-corrected chi connectivity index (χ1v) is 7.67. The summed E-state index contributed by atoms with van der Waals surface area (Å²) in [5.41, 5.74) is 4.03. The largest absolute Gasteiger partial charge is 0.382 e. The van der Waals surface area contributed by atoms with Gasteiger partial charge in [-0.1, -0.05) is 39.7 Å². The highest BCUT2D eigenvalue weighted by atomic mass is 79.9. The molecule has 1 atom stereocenters. The highest BCUT2D eigenvalue weighted by molar-refractivity contribution is 9.10. The van der Waals surface area contributed by atoms with Crippen LogP contribution < -0.4 is 5.32 Å². The zero-order valence-corrected chi connectivity index (χ0v) is 12.8. The lowest BCUT2D eigenvalue weighted by Crippen LogP contribution is -2.27. The Hall–Kier alpha value is -0.990. The van der Waals surface area contributed by atoms with Crippen LogP contribution in [0.4, 0.5) is 5.69 Å². The van der Waals surface area contributed by atoms with Crippen LogP contribution in [0.15, 0.2) is 46.9 Å². The van der Waals surface area contributed by atoms with E-state index in [1.807, 2.05) is 18.2 Å². The third-order valence-electron chi connectivity index (χ3n) is 3.59. The molecular formula is C16H15BrClN. The van der Waals surface area contributed by atoms with Crippen molar-refractivity contribution in [2.45, 2.75) is 25.3 Å². The Balaban J connectivity index is 1.74. The van der Waals surface area contributed by atoms with E-state index in [0.717, 1.165) is 30.0 Å². The Bertz CT molecular complexity index is 597. The number of hydrogen-bond acceptors (Lipinski definition) is 1. The quantitative estimate of drug-likeness (QED) is 0.807. The number of benzene rings is 2. The minimum Gasteiger partial charge on any atom is -0.382 e. The third kappa shape index (κ3) is 3.13. The molecule has 0 fully saturated rings. The van der Waals surface area contributed by atoms with Gasteiger partial charge >= 0.3 is 0 Å². The first-order chi connectivity index (χ1) is 9.20. The fourth-order valence-electron chi connectivity index (χ4n) is 2.66. The molecule has 0 aromatic heterocycles. The summed E-state index contributed by atoms with van der Waals surface area (Å²) in [6, 6.07) is 15.0. The van der Waals surface area contributed by atoms with Crippen LogP contribution in [0.25, 0.3) is 0 Å². The molecule has 2 aromatic rings. The Kier molecular flexibility index (Phi) is 3.81.